The van der Waals surface area contributed by atoms with Crippen molar-refractivity contribution >= 4 is 58.5 Å². The van der Waals surface area contributed by atoms with Crippen molar-refractivity contribution in [2.45, 2.75) is 4.90 Å². The number of hydrogen-bond acceptors (Lipinski definition) is 6. The lowest BCUT2D eigenvalue weighted by atomic mass is 10.1. The number of hydrogen-bond donors (Lipinski definition) is 3. The van der Waals surface area contributed by atoms with E-state index in [1.807, 2.05) is 6.07 Å². The molecule has 8 nitrogen and oxygen atoms in total. The van der Waals surface area contributed by atoms with Gasteiger partial charge in [-0.1, -0.05) is 48.0 Å². The molecule has 3 amide bonds. The molecule has 0 spiro atoms. The van der Waals surface area contributed by atoms with E-state index >= 15 is 0 Å². The number of ether oxygens (including phenoxy) is 2. The summed E-state index contributed by atoms with van der Waals surface area (Å²) in [7, 11) is 3.07. The van der Waals surface area contributed by atoms with Crippen molar-refractivity contribution in [3.63, 3.8) is 0 Å². The number of benzene rings is 4. The number of thioether (sulfide) groups is 1. The highest BCUT2D eigenvalue weighted by molar-refractivity contribution is 8.00. The van der Waals surface area contributed by atoms with Crippen LogP contribution in [0.2, 0.25) is 5.02 Å². The Bertz CT molecular complexity index is 1570. The van der Waals surface area contributed by atoms with Crippen LogP contribution >= 0.6 is 23.4 Å². The number of halogens is 1. The van der Waals surface area contributed by atoms with Crippen molar-refractivity contribution in [1.82, 2.24) is 5.32 Å². The van der Waals surface area contributed by atoms with Gasteiger partial charge in [0.2, 0.25) is 5.91 Å². The van der Waals surface area contributed by atoms with Crippen molar-refractivity contribution < 1.29 is 23.9 Å². The third kappa shape index (κ3) is 8.89. The zero-order chi connectivity index (χ0) is 29.9. The molecule has 214 valence electrons. The Balaban J connectivity index is 1.43. The van der Waals surface area contributed by atoms with E-state index < -0.39 is 11.8 Å². The van der Waals surface area contributed by atoms with E-state index in [1.54, 1.807) is 97.1 Å². The van der Waals surface area contributed by atoms with E-state index in [2.05, 4.69) is 16.0 Å². The maximum atomic E-state index is 13.3. The van der Waals surface area contributed by atoms with Gasteiger partial charge in [0.25, 0.3) is 11.8 Å². The summed E-state index contributed by atoms with van der Waals surface area (Å²) in [5.74, 6) is 0.0964. The summed E-state index contributed by atoms with van der Waals surface area (Å²) < 4.78 is 10.5. The minimum absolute atomic E-state index is 0.0531. The van der Waals surface area contributed by atoms with Gasteiger partial charge in [-0.05, 0) is 54.1 Å². The number of methoxy groups -OCH3 is 2. The molecule has 0 heterocycles. The van der Waals surface area contributed by atoms with E-state index in [0.29, 0.717) is 39.0 Å². The van der Waals surface area contributed by atoms with Crippen molar-refractivity contribution in [2.24, 2.45) is 0 Å². The standard InChI is InChI=1S/C32H28ClN3O5S/c1-40-26-16-25(17-27(19-26)41-2)34-30(37)20-42-28-10-6-9-24(18-28)35-32(39)29(15-21-11-13-23(33)14-12-21)36-31(38)22-7-4-3-5-8-22/h3-19H,20H2,1-2H3,(H,34,37)(H,35,39)(H,36,38)/b29-15-. The van der Waals surface area contributed by atoms with E-state index in [-0.39, 0.29) is 17.4 Å². The van der Waals surface area contributed by atoms with Crippen LogP contribution in [0.5, 0.6) is 11.5 Å². The van der Waals surface area contributed by atoms with Gasteiger partial charge in [-0.2, -0.15) is 0 Å². The van der Waals surface area contributed by atoms with E-state index in [9.17, 15) is 14.4 Å². The van der Waals surface area contributed by atoms with Crippen molar-refractivity contribution in [3.8, 4) is 11.5 Å². The molecule has 0 saturated carbocycles. The first-order chi connectivity index (χ1) is 20.3. The third-order valence-corrected chi connectivity index (χ3v) is 7.05. The maximum Gasteiger partial charge on any atom is 0.272 e. The highest BCUT2D eigenvalue weighted by atomic mass is 35.5. The summed E-state index contributed by atoms with van der Waals surface area (Å²) in [5, 5.41) is 8.94. The highest BCUT2D eigenvalue weighted by Crippen LogP contribution is 2.27. The highest BCUT2D eigenvalue weighted by Gasteiger charge is 2.16. The molecule has 10 heteroatoms. The van der Waals surface area contributed by atoms with E-state index in [4.69, 9.17) is 21.1 Å². The molecule has 0 aliphatic heterocycles. The number of rotatable bonds is 11. The number of carbonyl (C=O) groups is 3. The molecule has 0 bridgehead atoms. The van der Waals surface area contributed by atoms with Crippen LogP contribution in [0.1, 0.15) is 15.9 Å². The minimum atomic E-state index is -0.513. The molecule has 4 aromatic carbocycles. The first kappa shape index (κ1) is 30.2. The smallest absolute Gasteiger partial charge is 0.272 e. The summed E-state index contributed by atoms with van der Waals surface area (Å²) in [5.41, 5.74) is 2.20. The van der Waals surface area contributed by atoms with Crippen LogP contribution in [0.3, 0.4) is 0 Å². The zero-order valence-corrected chi connectivity index (χ0v) is 24.4. The molecule has 0 aliphatic carbocycles. The average Bonchev–Trinajstić information content (AvgIpc) is 3.01. The van der Waals surface area contributed by atoms with Gasteiger partial charge in [0.05, 0.1) is 20.0 Å². The minimum Gasteiger partial charge on any atom is -0.497 e. The second-order valence-corrected chi connectivity index (χ2v) is 10.3. The first-order valence-electron chi connectivity index (χ1n) is 12.7. The fourth-order valence-electron chi connectivity index (χ4n) is 3.76. The Morgan fingerprint density at radius 2 is 1.48 bits per heavy atom. The Morgan fingerprint density at radius 3 is 2.14 bits per heavy atom. The van der Waals surface area contributed by atoms with Gasteiger partial charge in [-0.25, -0.2) is 0 Å². The quantitative estimate of drug-likeness (QED) is 0.134. The van der Waals surface area contributed by atoms with Gasteiger partial charge in [-0.3, -0.25) is 14.4 Å². The van der Waals surface area contributed by atoms with Gasteiger partial charge in [0.1, 0.15) is 17.2 Å². The first-order valence-corrected chi connectivity index (χ1v) is 14.1. The molecule has 42 heavy (non-hydrogen) atoms. The van der Waals surface area contributed by atoms with Gasteiger partial charge in [0, 0.05) is 45.1 Å². The number of anilines is 2. The van der Waals surface area contributed by atoms with Crippen molar-refractivity contribution in [1.29, 1.82) is 0 Å². The molecule has 0 unspecified atom stereocenters. The summed E-state index contributed by atoms with van der Waals surface area (Å²) in [6, 6.07) is 27.7. The molecule has 0 atom stereocenters. The second kappa shape index (κ2) is 14.8. The predicted octanol–water partition coefficient (Wildman–Crippen LogP) is 6.50. The van der Waals surface area contributed by atoms with Crippen LogP contribution in [0.25, 0.3) is 6.08 Å². The van der Waals surface area contributed by atoms with Crippen molar-refractivity contribution in [3.05, 3.63) is 119 Å². The largest absolute Gasteiger partial charge is 0.497 e. The molecule has 0 aromatic heterocycles. The summed E-state index contributed by atoms with van der Waals surface area (Å²) >= 11 is 7.31. The average molecular weight is 602 g/mol. The Hall–Kier alpha value is -4.73. The monoisotopic (exact) mass is 601 g/mol. The second-order valence-electron chi connectivity index (χ2n) is 8.85. The SMILES string of the molecule is COc1cc(NC(=O)CSc2cccc(NC(=O)/C(=C/c3ccc(Cl)cc3)NC(=O)c3ccccc3)c2)cc(OC)c1. The number of nitrogens with one attached hydrogen (secondary N) is 3. The molecule has 4 aromatic rings. The molecule has 4 rings (SSSR count). The molecule has 0 aliphatic rings. The Labute approximate surface area is 253 Å². The fourth-order valence-corrected chi connectivity index (χ4v) is 4.64. The molecular weight excluding hydrogens is 574 g/mol. The number of amides is 3. The lowest BCUT2D eigenvalue weighted by Crippen LogP contribution is -2.30. The lowest BCUT2D eigenvalue weighted by Gasteiger charge is -2.12. The summed E-state index contributed by atoms with van der Waals surface area (Å²) in [6.45, 7) is 0. The van der Waals surface area contributed by atoms with Crippen LogP contribution in [0.15, 0.2) is 108 Å². The molecule has 0 fully saturated rings. The summed E-state index contributed by atoms with van der Waals surface area (Å²) in [6.07, 6.45) is 1.57. The van der Waals surface area contributed by atoms with Gasteiger partial charge >= 0.3 is 0 Å². The van der Waals surface area contributed by atoms with Crippen LogP contribution in [-0.2, 0) is 9.59 Å². The Morgan fingerprint density at radius 1 is 0.786 bits per heavy atom. The van der Waals surface area contributed by atoms with Crippen LogP contribution in [0.4, 0.5) is 11.4 Å². The van der Waals surface area contributed by atoms with Gasteiger partial charge in [0.15, 0.2) is 0 Å². The van der Waals surface area contributed by atoms with Crippen LogP contribution in [-0.4, -0.2) is 37.7 Å². The predicted molar refractivity (Wildman–Crippen MR) is 167 cm³/mol. The zero-order valence-electron chi connectivity index (χ0n) is 22.8. The van der Waals surface area contributed by atoms with Crippen LogP contribution in [0, 0.1) is 0 Å². The van der Waals surface area contributed by atoms with E-state index in [1.165, 1.54) is 26.0 Å². The number of carbonyl (C=O) groups excluding carboxylic acids is 3. The lowest BCUT2D eigenvalue weighted by molar-refractivity contribution is -0.114. The molecule has 0 radical (unpaired) electrons. The molecular formula is C32H28ClN3O5S. The fraction of sp³-hybridized carbons (Fsp3) is 0.0938. The Kier molecular flexibility index (Phi) is 10.6. The van der Waals surface area contributed by atoms with Gasteiger partial charge in [-0.15, -0.1) is 11.8 Å². The third-order valence-electron chi connectivity index (χ3n) is 5.81. The van der Waals surface area contributed by atoms with Crippen LogP contribution < -0.4 is 25.4 Å². The topological polar surface area (TPSA) is 106 Å². The van der Waals surface area contributed by atoms with Gasteiger partial charge < -0.3 is 25.4 Å². The van der Waals surface area contributed by atoms with Crippen molar-refractivity contribution in [2.75, 3.05) is 30.6 Å². The molecule has 3 N–H and O–H groups in total. The van der Waals surface area contributed by atoms with E-state index in [0.717, 1.165) is 4.90 Å². The summed E-state index contributed by atoms with van der Waals surface area (Å²) in [4.78, 5) is 39.6. The molecule has 0 saturated heterocycles. The normalized spacial score (nSPS) is 10.9. The maximum absolute atomic E-state index is 13.3.